The van der Waals surface area contributed by atoms with E-state index in [1.54, 1.807) is 6.07 Å². The van der Waals surface area contributed by atoms with Crippen LogP contribution in [0, 0.1) is 0 Å². The summed E-state index contributed by atoms with van der Waals surface area (Å²) in [6.07, 6.45) is 3.35. The Balaban J connectivity index is 2.06. The topological polar surface area (TPSA) is 84.9 Å². The van der Waals surface area contributed by atoms with Gasteiger partial charge in [-0.1, -0.05) is 11.6 Å². The van der Waals surface area contributed by atoms with E-state index in [0.717, 1.165) is 12.8 Å². The summed E-state index contributed by atoms with van der Waals surface area (Å²) in [6, 6.07) is 4.68. The van der Waals surface area contributed by atoms with Gasteiger partial charge in [0.05, 0.1) is 5.02 Å². The zero-order valence-electron chi connectivity index (χ0n) is 12.9. The molecule has 0 radical (unpaired) electrons. The third kappa shape index (κ3) is 4.36. The fraction of sp³-hybridized carbons (Fsp3) is 0.500. The third-order valence-corrected chi connectivity index (χ3v) is 4.08. The molecule has 7 heteroatoms. The Labute approximate surface area is 139 Å². The van der Waals surface area contributed by atoms with Crippen LogP contribution in [0.4, 0.5) is 5.69 Å². The molecule has 6 nitrogen and oxygen atoms in total. The number of ether oxygens (including phenoxy) is 2. The number of carbonyl (C=O) groups is 2. The van der Waals surface area contributed by atoms with E-state index in [-0.39, 0.29) is 16.7 Å². The summed E-state index contributed by atoms with van der Waals surface area (Å²) in [6.45, 7) is 1.88. The minimum Gasteiger partial charge on any atom is -0.480 e. The number of rotatable bonds is 7. The number of hydrogen-bond acceptors (Lipinski definition) is 4. The number of carboxylic acids is 1. The van der Waals surface area contributed by atoms with Gasteiger partial charge in [-0.2, -0.15) is 0 Å². The van der Waals surface area contributed by atoms with E-state index in [1.807, 2.05) is 6.92 Å². The highest BCUT2D eigenvalue weighted by Crippen LogP contribution is 2.35. The highest BCUT2D eigenvalue weighted by Gasteiger charge is 2.41. The van der Waals surface area contributed by atoms with Crippen LogP contribution in [0.1, 0.15) is 32.6 Å². The van der Waals surface area contributed by atoms with Crippen molar-refractivity contribution in [3.63, 3.8) is 0 Å². The van der Waals surface area contributed by atoms with Crippen LogP contribution >= 0.6 is 11.6 Å². The first-order chi connectivity index (χ1) is 11.0. The first kappa shape index (κ1) is 17.6. The van der Waals surface area contributed by atoms with Crippen LogP contribution in [-0.2, 0) is 14.3 Å². The number of carboxylic acid groups (broad SMARTS) is 1. The van der Waals surface area contributed by atoms with Crippen LogP contribution in [-0.4, -0.2) is 35.8 Å². The maximum atomic E-state index is 12.5. The second-order valence-corrected chi connectivity index (χ2v) is 5.82. The molecule has 0 spiro atoms. The molecule has 2 rings (SSSR count). The lowest BCUT2D eigenvalue weighted by molar-refractivity contribution is -0.140. The molecule has 1 fully saturated rings. The Kier molecular flexibility index (Phi) is 5.85. The lowest BCUT2D eigenvalue weighted by Crippen LogP contribution is -2.43. The third-order valence-electron chi connectivity index (χ3n) is 3.79. The number of benzene rings is 1. The van der Waals surface area contributed by atoms with E-state index >= 15 is 0 Å². The van der Waals surface area contributed by atoms with Crippen molar-refractivity contribution in [2.75, 3.05) is 18.5 Å². The summed E-state index contributed by atoms with van der Waals surface area (Å²) < 4.78 is 10.8. The molecule has 0 atom stereocenters. The van der Waals surface area contributed by atoms with Crippen LogP contribution < -0.4 is 10.1 Å². The van der Waals surface area contributed by atoms with Crippen molar-refractivity contribution >= 4 is 29.2 Å². The highest BCUT2D eigenvalue weighted by molar-refractivity contribution is 6.32. The van der Waals surface area contributed by atoms with Gasteiger partial charge < -0.3 is 19.9 Å². The molecule has 0 bridgehead atoms. The number of amides is 1. The Morgan fingerprint density at radius 2 is 2.04 bits per heavy atom. The molecule has 126 valence electrons. The number of carbonyl (C=O) groups excluding carboxylic acids is 1. The molecule has 0 heterocycles. The number of halogens is 1. The van der Waals surface area contributed by atoms with Crippen LogP contribution in [0.2, 0.25) is 5.02 Å². The molecule has 1 aromatic carbocycles. The summed E-state index contributed by atoms with van der Waals surface area (Å²) in [4.78, 5) is 23.1. The molecule has 2 N–H and O–H groups in total. The quantitative estimate of drug-likeness (QED) is 0.796. The standard InChI is InChI=1S/C16H20ClNO5/c1-2-23-16(7-3-4-8-16)15(21)18-11-5-6-13(12(17)9-11)22-10-14(19)20/h5-6,9H,2-4,7-8,10H2,1H3,(H,18,21)(H,19,20). The van der Waals surface area contributed by atoms with E-state index in [4.69, 9.17) is 26.2 Å². The van der Waals surface area contributed by atoms with E-state index < -0.39 is 18.2 Å². The first-order valence-electron chi connectivity index (χ1n) is 7.56. The Morgan fingerprint density at radius 1 is 1.35 bits per heavy atom. The Morgan fingerprint density at radius 3 is 2.61 bits per heavy atom. The predicted molar refractivity (Wildman–Crippen MR) is 86.0 cm³/mol. The predicted octanol–water partition coefficient (Wildman–Crippen LogP) is 3.09. The molecule has 1 amide bonds. The van der Waals surface area contributed by atoms with E-state index in [2.05, 4.69) is 5.32 Å². The number of anilines is 1. The SMILES string of the molecule is CCOC1(C(=O)Nc2ccc(OCC(=O)O)c(Cl)c2)CCCC1. The second-order valence-electron chi connectivity index (χ2n) is 5.42. The molecule has 0 aromatic heterocycles. The summed E-state index contributed by atoms with van der Waals surface area (Å²) in [5.74, 6) is -1.00. The van der Waals surface area contributed by atoms with Gasteiger partial charge in [0.2, 0.25) is 0 Å². The van der Waals surface area contributed by atoms with Crippen molar-refractivity contribution in [3.8, 4) is 5.75 Å². The minimum absolute atomic E-state index is 0.174. The molecule has 0 saturated heterocycles. The molecule has 1 aromatic rings. The summed E-state index contributed by atoms with van der Waals surface area (Å²) >= 11 is 6.05. The molecule has 1 aliphatic rings. The number of nitrogens with one attached hydrogen (secondary N) is 1. The van der Waals surface area contributed by atoms with Crippen molar-refractivity contribution < 1.29 is 24.2 Å². The molecular weight excluding hydrogens is 322 g/mol. The minimum atomic E-state index is -1.08. The van der Waals surface area contributed by atoms with Gasteiger partial charge in [-0.25, -0.2) is 4.79 Å². The van der Waals surface area contributed by atoms with Gasteiger partial charge in [-0.3, -0.25) is 4.79 Å². The first-order valence-corrected chi connectivity index (χ1v) is 7.94. The largest absolute Gasteiger partial charge is 0.480 e. The summed E-state index contributed by atoms with van der Waals surface area (Å²) in [5, 5.41) is 11.7. The van der Waals surface area contributed by atoms with Crippen LogP contribution in [0.25, 0.3) is 0 Å². The monoisotopic (exact) mass is 341 g/mol. The number of hydrogen-bond donors (Lipinski definition) is 2. The smallest absolute Gasteiger partial charge is 0.341 e. The Bertz CT molecular complexity index is 584. The van der Waals surface area contributed by atoms with E-state index in [9.17, 15) is 9.59 Å². The molecule has 0 aliphatic heterocycles. The number of aliphatic carboxylic acids is 1. The lowest BCUT2D eigenvalue weighted by Gasteiger charge is -2.27. The van der Waals surface area contributed by atoms with E-state index in [1.165, 1.54) is 12.1 Å². The van der Waals surface area contributed by atoms with E-state index in [0.29, 0.717) is 25.1 Å². The second kappa shape index (κ2) is 7.66. The Hall–Kier alpha value is -1.79. The summed E-state index contributed by atoms with van der Waals surface area (Å²) in [7, 11) is 0. The fourth-order valence-electron chi connectivity index (χ4n) is 2.74. The van der Waals surface area contributed by atoms with Crippen molar-refractivity contribution in [1.82, 2.24) is 0 Å². The van der Waals surface area contributed by atoms with Crippen LogP contribution in [0.15, 0.2) is 18.2 Å². The lowest BCUT2D eigenvalue weighted by atomic mass is 10.0. The highest BCUT2D eigenvalue weighted by atomic mass is 35.5. The average Bonchev–Trinajstić information content (AvgIpc) is 2.96. The molecular formula is C16H20ClNO5. The molecule has 1 aliphatic carbocycles. The zero-order valence-corrected chi connectivity index (χ0v) is 13.7. The molecule has 23 heavy (non-hydrogen) atoms. The normalized spacial score (nSPS) is 16.1. The fourth-order valence-corrected chi connectivity index (χ4v) is 2.97. The van der Waals surface area contributed by atoms with Gasteiger partial charge in [0.15, 0.2) is 6.61 Å². The van der Waals surface area contributed by atoms with Crippen molar-refractivity contribution in [3.05, 3.63) is 23.2 Å². The van der Waals surface area contributed by atoms with Crippen molar-refractivity contribution in [1.29, 1.82) is 0 Å². The van der Waals surface area contributed by atoms with Gasteiger partial charge >= 0.3 is 5.97 Å². The van der Waals surface area contributed by atoms with Crippen molar-refractivity contribution in [2.45, 2.75) is 38.2 Å². The molecule has 1 saturated carbocycles. The maximum absolute atomic E-state index is 12.5. The zero-order chi connectivity index (χ0) is 16.9. The molecule has 0 unspecified atom stereocenters. The maximum Gasteiger partial charge on any atom is 0.341 e. The van der Waals surface area contributed by atoms with Gasteiger partial charge in [-0.05, 0) is 50.8 Å². The van der Waals surface area contributed by atoms with Gasteiger partial charge in [-0.15, -0.1) is 0 Å². The van der Waals surface area contributed by atoms with Crippen LogP contribution in [0.5, 0.6) is 5.75 Å². The van der Waals surface area contributed by atoms with Gasteiger partial charge in [0, 0.05) is 12.3 Å². The van der Waals surface area contributed by atoms with Gasteiger partial charge in [0.25, 0.3) is 5.91 Å². The summed E-state index contributed by atoms with van der Waals surface area (Å²) in [5.41, 5.74) is -0.242. The average molecular weight is 342 g/mol. The van der Waals surface area contributed by atoms with Gasteiger partial charge in [0.1, 0.15) is 11.4 Å². The van der Waals surface area contributed by atoms with Crippen molar-refractivity contribution in [2.24, 2.45) is 0 Å². The van der Waals surface area contributed by atoms with Crippen LogP contribution in [0.3, 0.4) is 0 Å².